The fourth-order valence-electron chi connectivity index (χ4n) is 8.25. The molecule has 0 aromatic heterocycles. The van der Waals surface area contributed by atoms with Crippen LogP contribution in [0, 0.1) is 0 Å². The summed E-state index contributed by atoms with van der Waals surface area (Å²) in [6, 6.07) is 0. The van der Waals surface area contributed by atoms with Gasteiger partial charge in [-0.2, -0.15) is 0 Å². The summed E-state index contributed by atoms with van der Waals surface area (Å²) in [7, 11) is 0. The third-order valence-electron chi connectivity index (χ3n) is 13.3. The third kappa shape index (κ3) is 57.5. The van der Waals surface area contributed by atoms with Crippen molar-refractivity contribution in [1.29, 1.82) is 0 Å². The minimum atomic E-state index is 0.00524. The van der Waals surface area contributed by atoms with Crippen LogP contribution >= 0.6 is 0 Å². The molecule has 0 atom stereocenters. The number of carbonyl (C=O) groups is 4. The van der Waals surface area contributed by atoms with Gasteiger partial charge >= 0.3 is 0 Å². The minimum Gasteiger partial charge on any atom is -0.355 e. The van der Waals surface area contributed by atoms with Crippen LogP contribution in [0.4, 0.5) is 0 Å². The number of amides is 4. The summed E-state index contributed by atoms with van der Waals surface area (Å²) in [5.74, 6) is 0.0715. The van der Waals surface area contributed by atoms with Crippen molar-refractivity contribution in [2.75, 3.05) is 288 Å². The van der Waals surface area contributed by atoms with Crippen LogP contribution in [0.25, 0.3) is 0 Å². The van der Waals surface area contributed by atoms with Gasteiger partial charge in [0, 0.05) is 301 Å². The van der Waals surface area contributed by atoms with Gasteiger partial charge < -0.3 is 128 Å². The first kappa shape index (κ1) is 79.1. The van der Waals surface area contributed by atoms with E-state index >= 15 is 0 Å². The maximum absolute atomic E-state index is 13.2. The Labute approximate surface area is 496 Å². The Morgan fingerprint density at radius 1 is 0.232 bits per heavy atom. The molecule has 0 heterocycles. The molecule has 0 aromatic rings. The number of carbonyl (C=O) groups excluding carboxylic acids is 4. The van der Waals surface area contributed by atoms with E-state index in [4.69, 9.17) is 22.9 Å². The van der Waals surface area contributed by atoms with Crippen LogP contribution in [-0.4, -0.2) is 331 Å². The van der Waals surface area contributed by atoms with Crippen molar-refractivity contribution in [3.8, 4) is 0 Å². The summed E-state index contributed by atoms with van der Waals surface area (Å²) in [4.78, 5) is 61.5. The predicted octanol–water partition coefficient (Wildman–Crippen LogP) is -8.83. The quantitative estimate of drug-likeness (QED) is 0.0252. The van der Waals surface area contributed by atoms with Crippen LogP contribution in [0.5, 0.6) is 0 Å². The minimum absolute atomic E-state index is 0.00524. The monoisotopic (exact) mass is 1180 g/mol. The van der Waals surface area contributed by atoms with Gasteiger partial charge in [-0.3, -0.25) is 19.2 Å². The molecule has 0 radical (unpaired) electrons. The summed E-state index contributed by atoms with van der Waals surface area (Å²) in [5.41, 5.74) is 22.1. The molecule has 0 unspecified atom stereocenters. The molecule has 0 aromatic carbocycles. The lowest BCUT2D eigenvalue weighted by Crippen LogP contribution is -2.45. The summed E-state index contributed by atoms with van der Waals surface area (Å²) in [6.07, 6.45) is 1.52. The van der Waals surface area contributed by atoms with E-state index in [1.807, 2.05) is 0 Å². The summed E-state index contributed by atoms with van der Waals surface area (Å²) in [6.45, 7) is 37.0. The molecule has 0 rings (SSSR count). The molecular formula is C54H126N24O4. The Morgan fingerprint density at radius 2 is 0.390 bits per heavy atom. The largest absolute Gasteiger partial charge is 0.355 e. The van der Waals surface area contributed by atoms with Crippen molar-refractivity contribution in [3.63, 3.8) is 0 Å². The van der Waals surface area contributed by atoms with E-state index in [0.29, 0.717) is 143 Å². The van der Waals surface area contributed by atoms with E-state index < -0.39 is 0 Å². The average molecular weight is 1180 g/mol. The van der Waals surface area contributed by atoms with E-state index in [1.165, 1.54) is 0 Å². The lowest BCUT2D eigenvalue weighted by atomic mass is 10.3. The topological polar surface area (TPSA) is 378 Å². The fourth-order valence-corrected chi connectivity index (χ4v) is 8.25. The first-order valence-electron chi connectivity index (χ1n) is 31.5. The van der Waals surface area contributed by atoms with E-state index in [-0.39, 0.29) is 23.6 Å². The molecule has 0 aliphatic rings. The van der Waals surface area contributed by atoms with Gasteiger partial charge in [0.25, 0.3) is 0 Å². The SMILES string of the molecule is CCN(CCC(=O)NCCNCCNCCNCCN)CCN(CCC(=O)NCCNCCNCCNCCN)CCN(CCC(=O)NCCNCCNCCNCCN)CCN(CC)CCC(=O)NCCNCCNCCNCCN. The molecule has 0 spiro atoms. The number of nitrogens with one attached hydrogen (secondary N) is 16. The lowest BCUT2D eigenvalue weighted by Gasteiger charge is -2.31. The highest BCUT2D eigenvalue weighted by atomic mass is 16.2. The molecule has 0 bridgehead atoms. The van der Waals surface area contributed by atoms with Crippen molar-refractivity contribution < 1.29 is 19.2 Å². The molecular weight excluding hydrogens is 1050 g/mol. The molecule has 28 heteroatoms. The van der Waals surface area contributed by atoms with E-state index in [1.54, 1.807) is 0 Å². The highest BCUT2D eigenvalue weighted by Gasteiger charge is 2.17. The Morgan fingerprint density at radius 3 is 0.573 bits per heavy atom. The van der Waals surface area contributed by atoms with Crippen molar-refractivity contribution in [2.24, 2.45) is 22.9 Å². The molecule has 0 aliphatic carbocycles. The van der Waals surface area contributed by atoms with Gasteiger partial charge in [0.1, 0.15) is 0 Å². The maximum atomic E-state index is 13.2. The molecule has 0 saturated carbocycles. The second kappa shape index (κ2) is 64.1. The molecule has 0 aliphatic heterocycles. The number of nitrogens with two attached hydrogens (primary N) is 4. The molecule has 0 saturated heterocycles. The number of nitrogens with zero attached hydrogens (tertiary/aromatic N) is 4. The van der Waals surface area contributed by atoms with E-state index in [2.05, 4.69) is 119 Å². The van der Waals surface area contributed by atoms with Crippen LogP contribution in [0.15, 0.2) is 0 Å². The van der Waals surface area contributed by atoms with Crippen LogP contribution in [-0.2, 0) is 19.2 Å². The van der Waals surface area contributed by atoms with Gasteiger partial charge in [-0.15, -0.1) is 0 Å². The van der Waals surface area contributed by atoms with Gasteiger partial charge in [0.05, 0.1) is 0 Å². The smallest absolute Gasteiger partial charge is 0.221 e. The maximum Gasteiger partial charge on any atom is 0.221 e. The predicted molar refractivity (Wildman–Crippen MR) is 338 cm³/mol. The van der Waals surface area contributed by atoms with Gasteiger partial charge in [-0.25, -0.2) is 0 Å². The van der Waals surface area contributed by atoms with E-state index in [9.17, 15) is 19.2 Å². The van der Waals surface area contributed by atoms with Gasteiger partial charge in [-0.05, 0) is 13.1 Å². The standard InChI is InChI=1S/C54H126N24O4/c1-3-75(41-5-51(79)71-37-33-67-29-25-63-21-17-59-13-9-55)45-47-77(43-7-53(81)73-39-35-69-31-27-65-23-19-61-15-11-57)49-50-78(44-8-54(82)74-40-36-70-32-28-66-24-20-62-16-12-58)48-46-76(4-2)42-6-52(80)72-38-34-68-30-26-64-22-18-60-14-10-56/h59-70H,3-50,55-58H2,1-2H3,(H,71,79)(H,72,80)(H,73,81)(H,74,82). The summed E-state index contributed by atoms with van der Waals surface area (Å²) < 4.78 is 0. The Hall–Kier alpha value is -2.92. The number of hydrogen-bond donors (Lipinski definition) is 20. The van der Waals surface area contributed by atoms with Crippen LogP contribution < -0.4 is 108 Å². The van der Waals surface area contributed by atoms with Crippen LogP contribution in [0.1, 0.15) is 39.5 Å². The molecule has 82 heavy (non-hydrogen) atoms. The molecule has 4 amide bonds. The fraction of sp³-hybridized carbons (Fsp3) is 0.926. The first-order chi connectivity index (χ1) is 40.2. The molecule has 486 valence electrons. The zero-order valence-electron chi connectivity index (χ0n) is 51.7. The van der Waals surface area contributed by atoms with Crippen molar-refractivity contribution >= 4 is 23.6 Å². The third-order valence-corrected chi connectivity index (χ3v) is 13.3. The summed E-state index contributed by atoms with van der Waals surface area (Å²) in [5, 5.41) is 52.4. The van der Waals surface area contributed by atoms with Crippen LogP contribution in [0.3, 0.4) is 0 Å². The Kier molecular flexibility index (Phi) is 61.8. The Balaban J connectivity index is 5.56. The van der Waals surface area contributed by atoms with Gasteiger partial charge in [0.15, 0.2) is 0 Å². The summed E-state index contributed by atoms with van der Waals surface area (Å²) >= 11 is 0. The lowest BCUT2D eigenvalue weighted by molar-refractivity contribution is -0.122. The second-order valence-electron chi connectivity index (χ2n) is 20.1. The molecule has 28 nitrogen and oxygen atoms in total. The second-order valence-corrected chi connectivity index (χ2v) is 20.1. The number of hydrogen-bond acceptors (Lipinski definition) is 24. The van der Waals surface area contributed by atoms with Crippen molar-refractivity contribution in [3.05, 3.63) is 0 Å². The van der Waals surface area contributed by atoms with Crippen molar-refractivity contribution in [1.82, 2.24) is 105 Å². The van der Waals surface area contributed by atoms with E-state index in [0.717, 1.165) is 170 Å². The number of likely N-dealkylation sites (N-methyl/N-ethyl adjacent to an activating group) is 2. The average Bonchev–Trinajstić information content (AvgIpc) is 3.49. The normalized spacial score (nSPS) is 11.7. The zero-order chi connectivity index (χ0) is 59.9. The van der Waals surface area contributed by atoms with Gasteiger partial charge in [-0.1, -0.05) is 13.8 Å². The molecule has 24 N–H and O–H groups in total. The van der Waals surface area contributed by atoms with Crippen LogP contribution in [0.2, 0.25) is 0 Å². The van der Waals surface area contributed by atoms with Gasteiger partial charge in [0.2, 0.25) is 23.6 Å². The first-order valence-corrected chi connectivity index (χ1v) is 31.5. The highest BCUT2D eigenvalue weighted by Crippen LogP contribution is 2.02. The van der Waals surface area contributed by atoms with Crippen molar-refractivity contribution in [2.45, 2.75) is 39.5 Å². The number of rotatable bonds is 67. The zero-order valence-corrected chi connectivity index (χ0v) is 51.7. The molecule has 0 fully saturated rings. The highest BCUT2D eigenvalue weighted by molar-refractivity contribution is 5.77. The Bertz CT molecular complexity index is 1310.